The van der Waals surface area contributed by atoms with Crippen LogP contribution in [0.25, 0.3) is 5.70 Å². The molecular formula is C27H30ClIN4O. The zero-order valence-electron chi connectivity index (χ0n) is 19.2. The van der Waals surface area contributed by atoms with Crippen LogP contribution in [0.4, 0.5) is 5.69 Å². The Balaban J connectivity index is 1.52. The summed E-state index contributed by atoms with van der Waals surface area (Å²) in [4.78, 5) is 22.2. The van der Waals surface area contributed by atoms with Crippen LogP contribution in [0.3, 0.4) is 0 Å². The summed E-state index contributed by atoms with van der Waals surface area (Å²) in [7, 11) is 0. The van der Waals surface area contributed by atoms with E-state index in [1.165, 1.54) is 37.7 Å². The molecule has 178 valence electrons. The van der Waals surface area contributed by atoms with Crippen LogP contribution >= 0.6 is 34.2 Å². The van der Waals surface area contributed by atoms with Crippen LogP contribution in [-0.2, 0) is 17.6 Å². The molecule has 0 atom stereocenters. The molecule has 0 bridgehead atoms. The van der Waals surface area contributed by atoms with Crippen molar-refractivity contribution in [1.29, 1.82) is 0 Å². The quantitative estimate of drug-likeness (QED) is 0.129. The SMILES string of the molecule is Nc1ccc2c(c1)CCC(N=C(I)NC(=O)Cc1ccc(Cl)cc1)=C2N=CCC1CCCCC1. The molecule has 0 radical (unpaired) electrons. The lowest BCUT2D eigenvalue weighted by Crippen LogP contribution is -2.28. The summed E-state index contributed by atoms with van der Waals surface area (Å²) in [6, 6.07) is 13.3. The van der Waals surface area contributed by atoms with E-state index in [4.69, 9.17) is 27.3 Å². The minimum absolute atomic E-state index is 0.109. The second-order valence-electron chi connectivity index (χ2n) is 9.02. The van der Waals surface area contributed by atoms with Crippen molar-refractivity contribution in [3.63, 3.8) is 0 Å². The topological polar surface area (TPSA) is 79.8 Å². The van der Waals surface area contributed by atoms with Crippen molar-refractivity contribution in [2.24, 2.45) is 15.9 Å². The number of hydrogen-bond acceptors (Lipinski definition) is 4. The Kier molecular flexibility index (Phi) is 8.78. The van der Waals surface area contributed by atoms with Gasteiger partial charge in [-0.3, -0.25) is 9.79 Å². The highest BCUT2D eigenvalue weighted by Gasteiger charge is 2.20. The van der Waals surface area contributed by atoms with Crippen LogP contribution in [0, 0.1) is 5.92 Å². The Morgan fingerprint density at radius 2 is 1.88 bits per heavy atom. The second-order valence-corrected chi connectivity index (χ2v) is 10.5. The summed E-state index contributed by atoms with van der Waals surface area (Å²) in [6.45, 7) is 0. The van der Waals surface area contributed by atoms with Crippen LogP contribution in [-0.4, -0.2) is 16.0 Å². The third-order valence-corrected chi connectivity index (χ3v) is 7.19. The van der Waals surface area contributed by atoms with Gasteiger partial charge in [0, 0.05) is 22.5 Å². The van der Waals surface area contributed by atoms with Crippen LogP contribution in [0.2, 0.25) is 5.02 Å². The number of hydrogen-bond donors (Lipinski definition) is 2. The molecular weight excluding hydrogens is 559 g/mol. The first kappa shape index (κ1) is 24.9. The van der Waals surface area contributed by atoms with Crippen molar-refractivity contribution in [3.8, 4) is 0 Å². The number of nitrogens with zero attached hydrogens (tertiary/aromatic N) is 2. The predicted molar refractivity (Wildman–Crippen MR) is 151 cm³/mol. The largest absolute Gasteiger partial charge is 0.399 e. The summed E-state index contributed by atoms with van der Waals surface area (Å²) in [5.74, 6) is 0.620. The van der Waals surface area contributed by atoms with Crippen molar-refractivity contribution in [2.45, 2.75) is 57.8 Å². The smallest absolute Gasteiger partial charge is 0.230 e. The molecule has 0 unspecified atom stereocenters. The molecule has 2 aliphatic carbocycles. The molecule has 2 aliphatic rings. The molecule has 7 heteroatoms. The van der Waals surface area contributed by atoms with Crippen LogP contribution in [0.5, 0.6) is 0 Å². The molecule has 0 aromatic heterocycles. The van der Waals surface area contributed by atoms with Crippen LogP contribution < -0.4 is 11.1 Å². The maximum Gasteiger partial charge on any atom is 0.230 e. The number of aliphatic imine (C=N–C) groups is 2. The molecule has 2 aromatic rings. The van der Waals surface area contributed by atoms with E-state index < -0.39 is 0 Å². The zero-order valence-corrected chi connectivity index (χ0v) is 22.1. The van der Waals surface area contributed by atoms with Gasteiger partial charge in [0.15, 0.2) is 3.84 Å². The van der Waals surface area contributed by atoms with Crippen molar-refractivity contribution < 1.29 is 4.79 Å². The predicted octanol–water partition coefficient (Wildman–Crippen LogP) is 6.73. The van der Waals surface area contributed by atoms with E-state index in [0.29, 0.717) is 8.86 Å². The van der Waals surface area contributed by atoms with Crippen molar-refractivity contribution >= 4 is 61.5 Å². The maximum atomic E-state index is 12.5. The Bertz CT molecular complexity index is 1120. The number of amides is 1. The molecule has 0 spiro atoms. The first-order valence-corrected chi connectivity index (χ1v) is 13.4. The average Bonchev–Trinajstić information content (AvgIpc) is 2.82. The number of allylic oxidation sites excluding steroid dienone is 1. The second kappa shape index (κ2) is 12.0. The Hall–Kier alpha value is -2.19. The zero-order chi connectivity index (χ0) is 23.9. The summed E-state index contributed by atoms with van der Waals surface area (Å²) < 4.78 is 0.547. The van der Waals surface area contributed by atoms with Crippen molar-refractivity contribution in [2.75, 3.05) is 5.73 Å². The van der Waals surface area contributed by atoms with Gasteiger partial charge in [0.25, 0.3) is 0 Å². The number of carbonyl (C=O) groups is 1. The highest BCUT2D eigenvalue weighted by atomic mass is 127. The van der Waals surface area contributed by atoms with E-state index in [0.717, 1.165) is 53.4 Å². The van der Waals surface area contributed by atoms with Gasteiger partial charge in [0.2, 0.25) is 5.91 Å². The highest BCUT2D eigenvalue weighted by Crippen LogP contribution is 2.34. The molecule has 0 aliphatic heterocycles. The number of benzene rings is 2. The molecule has 0 saturated heterocycles. The highest BCUT2D eigenvalue weighted by molar-refractivity contribution is 14.1. The van der Waals surface area contributed by atoms with Gasteiger partial charge in [-0.1, -0.05) is 61.9 Å². The van der Waals surface area contributed by atoms with Gasteiger partial charge in [-0.05, 0) is 83.2 Å². The number of amidine groups is 1. The fourth-order valence-electron chi connectivity index (χ4n) is 4.64. The molecule has 1 amide bonds. The van der Waals surface area contributed by atoms with Crippen molar-refractivity contribution in [1.82, 2.24) is 5.32 Å². The molecule has 3 N–H and O–H groups in total. The van der Waals surface area contributed by atoms with E-state index in [1.807, 2.05) is 30.3 Å². The van der Waals surface area contributed by atoms with E-state index in [-0.39, 0.29) is 12.3 Å². The Labute approximate surface area is 220 Å². The van der Waals surface area contributed by atoms with Gasteiger partial charge in [-0.25, -0.2) is 4.99 Å². The van der Waals surface area contributed by atoms with E-state index >= 15 is 0 Å². The van der Waals surface area contributed by atoms with Gasteiger partial charge in [0.05, 0.1) is 17.8 Å². The number of rotatable bonds is 6. The minimum atomic E-state index is -0.109. The number of nitrogens with one attached hydrogen (secondary N) is 1. The number of nitrogen functional groups attached to an aromatic ring is 1. The van der Waals surface area contributed by atoms with Crippen molar-refractivity contribution in [3.05, 3.63) is 69.9 Å². The van der Waals surface area contributed by atoms with Crippen LogP contribution in [0.1, 0.15) is 61.6 Å². The molecule has 1 fully saturated rings. The lowest BCUT2D eigenvalue weighted by atomic mass is 9.87. The van der Waals surface area contributed by atoms with Crippen LogP contribution in [0.15, 0.2) is 58.1 Å². The monoisotopic (exact) mass is 588 g/mol. The molecule has 5 nitrogen and oxygen atoms in total. The lowest BCUT2D eigenvalue weighted by molar-refractivity contribution is -0.118. The first-order valence-electron chi connectivity index (χ1n) is 11.9. The molecule has 0 heterocycles. The van der Waals surface area contributed by atoms with Gasteiger partial charge < -0.3 is 11.1 Å². The lowest BCUT2D eigenvalue weighted by Gasteiger charge is -2.21. The van der Waals surface area contributed by atoms with Gasteiger partial charge >= 0.3 is 0 Å². The fourth-order valence-corrected chi connectivity index (χ4v) is 5.36. The number of nitrogens with two attached hydrogens (primary N) is 1. The summed E-state index contributed by atoms with van der Waals surface area (Å²) in [6.07, 6.45) is 11.5. The molecule has 34 heavy (non-hydrogen) atoms. The third-order valence-electron chi connectivity index (χ3n) is 6.43. The molecule has 2 aromatic carbocycles. The standard InChI is InChI=1S/C27H30ClIN4O/c28-21-9-6-19(7-10-21)16-25(34)33-27(29)32-24-13-8-20-17-22(30)11-12-23(20)26(24)31-15-14-18-4-2-1-3-5-18/h6-7,9-12,15,17-18H,1-5,8,13-14,16,30H2,(H,32,33,34). The number of fused-ring (bicyclic) bond motifs is 1. The number of carbonyl (C=O) groups excluding carboxylic acids is 1. The maximum absolute atomic E-state index is 12.5. The number of aryl methyl sites for hydroxylation is 1. The summed E-state index contributed by atoms with van der Waals surface area (Å²) in [5.41, 5.74) is 11.8. The summed E-state index contributed by atoms with van der Waals surface area (Å²) >= 11 is 8.02. The fraction of sp³-hybridized carbons (Fsp3) is 0.370. The molecule has 4 rings (SSSR count). The Morgan fingerprint density at radius 1 is 1.12 bits per heavy atom. The Morgan fingerprint density at radius 3 is 2.65 bits per heavy atom. The molecule has 1 saturated carbocycles. The first-order chi connectivity index (χ1) is 16.5. The van der Waals surface area contributed by atoms with Gasteiger partial charge in [-0.2, -0.15) is 0 Å². The summed E-state index contributed by atoms with van der Waals surface area (Å²) in [5, 5.41) is 3.57. The van der Waals surface area contributed by atoms with Gasteiger partial charge in [0.1, 0.15) is 0 Å². The van der Waals surface area contributed by atoms with E-state index in [1.54, 1.807) is 12.1 Å². The van der Waals surface area contributed by atoms with Gasteiger partial charge in [-0.15, -0.1) is 0 Å². The third kappa shape index (κ3) is 6.92. The van der Waals surface area contributed by atoms with E-state index in [9.17, 15) is 4.79 Å². The number of halogens is 2. The van der Waals surface area contributed by atoms with E-state index in [2.05, 4.69) is 34.1 Å². The average molecular weight is 589 g/mol. The normalized spacial score (nSPS) is 17.2. The minimum Gasteiger partial charge on any atom is -0.399 e. The number of anilines is 1.